The Bertz CT molecular complexity index is 3060. The van der Waals surface area contributed by atoms with Gasteiger partial charge in [-0.2, -0.15) is 0 Å². The summed E-state index contributed by atoms with van der Waals surface area (Å²) in [6.45, 7) is 0. The largest absolute Gasteiger partial charge is 0.438 e. The molecule has 0 aliphatic carbocycles. The summed E-state index contributed by atoms with van der Waals surface area (Å²) in [6, 6.07) is 55.2. The van der Waals surface area contributed by atoms with Crippen LogP contribution in [0.25, 0.3) is 71.1 Å². The summed E-state index contributed by atoms with van der Waals surface area (Å²) in [5, 5.41) is 12.8. The summed E-state index contributed by atoms with van der Waals surface area (Å²) < 4.78 is 8.84. The van der Waals surface area contributed by atoms with Gasteiger partial charge in [0.1, 0.15) is 17.6 Å². The third-order valence-corrected chi connectivity index (χ3v) is 10.3. The number of aromatic nitrogens is 2. The van der Waals surface area contributed by atoms with Crippen LogP contribution in [0.3, 0.4) is 0 Å². The van der Waals surface area contributed by atoms with Gasteiger partial charge in [0.15, 0.2) is 5.84 Å². The maximum atomic E-state index is 6.52. The number of benzene rings is 7. The summed E-state index contributed by atoms with van der Waals surface area (Å²) in [5.74, 6) is 1.38. The van der Waals surface area contributed by atoms with E-state index in [-0.39, 0.29) is 6.17 Å². The van der Waals surface area contributed by atoms with Crippen LogP contribution in [0.15, 0.2) is 178 Å². The zero-order valence-corrected chi connectivity index (χ0v) is 27.9. The van der Waals surface area contributed by atoms with Gasteiger partial charge in [0.2, 0.25) is 5.71 Å². The molecule has 6 heteroatoms. The van der Waals surface area contributed by atoms with Crippen LogP contribution in [0.1, 0.15) is 22.9 Å². The minimum atomic E-state index is -0.366. The molecular formula is C46H29N5O. The Balaban J connectivity index is 1.18. The highest BCUT2D eigenvalue weighted by atomic mass is 16.3. The highest BCUT2D eigenvalue weighted by Gasteiger charge is 2.26. The van der Waals surface area contributed by atoms with E-state index in [1.807, 2.05) is 12.1 Å². The van der Waals surface area contributed by atoms with E-state index in [1.54, 1.807) is 6.20 Å². The highest BCUT2D eigenvalue weighted by Crippen LogP contribution is 2.38. The minimum Gasteiger partial charge on any atom is -0.438 e. The molecular weight excluding hydrogens is 639 g/mol. The van der Waals surface area contributed by atoms with E-state index in [2.05, 4.69) is 160 Å². The van der Waals surface area contributed by atoms with Gasteiger partial charge < -0.3 is 14.3 Å². The smallest absolute Gasteiger partial charge is 0.227 e. The first-order chi connectivity index (χ1) is 25.8. The Morgan fingerprint density at radius 2 is 1.25 bits per heavy atom. The molecule has 0 saturated heterocycles. The number of amidine groups is 2. The van der Waals surface area contributed by atoms with Crippen LogP contribution in [0.2, 0.25) is 0 Å². The Hall–Kier alpha value is -7.05. The van der Waals surface area contributed by atoms with Crippen molar-refractivity contribution in [2.24, 2.45) is 9.98 Å². The lowest BCUT2D eigenvalue weighted by Crippen LogP contribution is -2.33. The zero-order chi connectivity index (χ0) is 34.2. The summed E-state index contributed by atoms with van der Waals surface area (Å²) in [7, 11) is 0. The Labute approximate surface area is 298 Å². The van der Waals surface area contributed by atoms with E-state index in [1.165, 1.54) is 32.3 Å². The summed E-state index contributed by atoms with van der Waals surface area (Å²) in [4.78, 5) is 15.2. The summed E-state index contributed by atoms with van der Waals surface area (Å²) >= 11 is 0. The van der Waals surface area contributed by atoms with E-state index in [0.29, 0.717) is 11.5 Å². The van der Waals surface area contributed by atoms with Crippen molar-refractivity contribution < 1.29 is 4.42 Å². The number of fused-ring (bicyclic) bond motifs is 9. The standard InChI is InChI=1S/C46H29N5O/c1-2-12-30(13-3-1)43-48-44(31-23-22-29-21-20-28-11-4-5-14-33(28)37(29)25-31)50-45(49-43)38-26-32(27-41-42(38)36-17-10-24-47-46(36)52-41)51-39-18-8-6-15-34(39)35-16-7-9-19-40(35)51/h1-27,43H,(H,48,49,50). The molecule has 1 aliphatic rings. The predicted molar refractivity (Wildman–Crippen MR) is 213 cm³/mol. The molecule has 0 radical (unpaired) electrons. The molecule has 4 heterocycles. The number of hydrogen-bond donors (Lipinski definition) is 1. The molecule has 52 heavy (non-hydrogen) atoms. The van der Waals surface area contributed by atoms with Gasteiger partial charge in [0.25, 0.3) is 0 Å². The Morgan fingerprint density at radius 3 is 2.06 bits per heavy atom. The monoisotopic (exact) mass is 667 g/mol. The number of hydrogen-bond acceptors (Lipinski definition) is 5. The maximum absolute atomic E-state index is 6.52. The average Bonchev–Trinajstić information content (AvgIpc) is 3.76. The minimum absolute atomic E-state index is 0.366. The topological polar surface area (TPSA) is 67.7 Å². The quantitative estimate of drug-likeness (QED) is 0.190. The number of para-hydroxylation sites is 2. The molecule has 1 unspecified atom stereocenters. The van der Waals surface area contributed by atoms with E-state index in [0.717, 1.165) is 55.6 Å². The first-order valence-electron chi connectivity index (χ1n) is 17.5. The number of nitrogens with one attached hydrogen (secondary N) is 1. The second kappa shape index (κ2) is 11.2. The van der Waals surface area contributed by atoms with Crippen molar-refractivity contribution >= 4 is 77.1 Å². The Kier molecular flexibility index (Phi) is 6.21. The molecule has 1 aliphatic heterocycles. The van der Waals surface area contributed by atoms with Gasteiger partial charge in [0.05, 0.1) is 16.7 Å². The van der Waals surface area contributed by atoms with E-state index in [9.17, 15) is 0 Å². The number of furan rings is 1. The van der Waals surface area contributed by atoms with Crippen molar-refractivity contribution in [1.82, 2.24) is 14.9 Å². The molecule has 0 bridgehead atoms. The second-order valence-corrected chi connectivity index (χ2v) is 13.3. The van der Waals surface area contributed by atoms with Crippen LogP contribution >= 0.6 is 0 Å². The van der Waals surface area contributed by atoms with Crippen molar-refractivity contribution in [3.63, 3.8) is 0 Å². The van der Waals surface area contributed by atoms with Crippen LogP contribution in [0, 0.1) is 0 Å². The molecule has 1 atom stereocenters. The van der Waals surface area contributed by atoms with E-state index >= 15 is 0 Å². The molecule has 0 saturated carbocycles. The third-order valence-electron chi connectivity index (χ3n) is 10.3. The second-order valence-electron chi connectivity index (χ2n) is 13.3. The van der Waals surface area contributed by atoms with Crippen molar-refractivity contribution in [1.29, 1.82) is 0 Å². The van der Waals surface area contributed by atoms with Gasteiger partial charge in [-0.1, -0.05) is 115 Å². The van der Waals surface area contributed by atoms with Crippen LogP contribution in [-0.2, 0) is 0 Å². The van der Waals surface area contributed by atoms with Crippen molar-refractivity contribution in [3.05, 3.63) is 181 Å². The molecule has 11 rings (SSSR count). The molecule has 0 fully saturated rings. The predicted octanol–water partition coefficient (Wildman–Crippen LogP) is 10.9. The van der Waals surface area contributed by atoms with Gasteiger partial charge in [-0.05, 0) is 63.5 Å². The zero-order valence-electron chi connectivity index (χ0n) is 27.9. The van der Waals surface area contributed by atoms with Gasteiger partial charge >= 0.3 is 0 Å². The fourth-order valence-electron chi connectivity index (χ4n) is 7.90. The number of nitrogens with zero attached hydrogens (tertiary/aromatic N) is 4. The number of rotatable bonds is 4. The van der Waals surface area contributed by atoms with Gasteiger partial charge in [-0.15, -0.1) is 0 Å². The molecule has 3 aromatic heterocycles. The lowest BCUT2D eigenvalue weighted by Gasteiger charge is -2.24. The fraction of sp³-hybridized carbons (Fsp3) is 0.0217. The first kappa shape index (κ1) is 28.8. The molecule has 0 spiro atoms. The van der Waals surface area contributed by atoms with E-state index in [4.69, 9.17) is 14.4 Å². The van der Waals surface area contributed by atoms with Crippen LogP contribution in [0.5, 0.6) is 0 Å². The van der Waals surface area contributed by atoms with Crippen molar-refractivity contribution in [3.8, 4) is 5.69 Å². The van der Waals surface area contributed by atoms with Crippen LogP contribution < -0.4 is 5.32 Å². The third kappa shape index (κ3) is 4.41. The van der Waals surface area contributed by atoms with Crippen molar-refractivity contribution in [2.45, 2.75) is 6.17 Å². The average molecular weight is 668 g/mol. The summed E-state index contributed by atoms with van der Waals surface area (Å²) in [6.07, 6.45) is 1.41. The van der Waals surface area contributed by atoms with Crippen molar-refractivity contribution in [2.75, 3.05) is 0 Å². The SMILES string of the molecule is c1ccc(C2N=C(c3ccc4ccc5ccccc5c4c3)N=C(c3cc(-n4c5ccccc5c5ccccc54)cc4oc5ncccc5c34)N2)cc1. The molecule has 7 aromatic carbocycles. The highest BCUT2D eigenvalue weighted by molar-refractivity contribution is 6.23. The normalized spacial score (nSPS) is 14.7. The van der Waals surface area contributed by atoms with Gasteiger partial charge in [-0.25, -0.2) is 15.0 Å². The summed E-state index contributed by atoms with van der Waals surface area (Å²) in [5.41, 5.74) is 7.46. The lowest BCUT2D eigenvalue weighted by molar-refractivity contribution is 0.653. The van der Waals surface area contributed by atoms with Crippen LogP contribution in [0.4, 0.5) is 0 Å². The van der Waals surface area contributed by atoms with Gasteiger partial charge in [-0.3, -0.25) is 0 Å². The van der Waals surface area contributed by atoms with Gasteiger partial charge in [0, 0.05) is 44.9 Å². The molecule has 6 nitrogen and oxygen atoms in total. The maximum Gasteiger partial charge on any atom is 0.227 e. The fourth-order valence-corrected chi connectivity index (χ4v) is 7.90. The number of pyridine rings is 1. The molecule has 244 valence electrons. The Morgan fingerprint density at radius 1 is 0.577 bits per heavy atom. The number of aliphatic imine (C=N–C) groups is 2. The molecule has 0 amide bonds. The molecule has 10 aromatic rings. The lowest BCUT2D eigenvalue weighted by atomic mass is 9.99. The molecule has 1 N–H and O–H groups in total. The first-order valence-corrected chi connectivity index (χ1v) is 17.5. The van der Waals surface area contributed by atoms with Crippen LogP contribution in [-0.4, -0.2) is 21.2 Å². The van der Waals surface area contributed by atoms with E-state index < -0.39 is 0 Å².